The van der Waals surface area contributed by atoms with Gasteiger partial charge in [0.05, 0.1) is 32.0 Å². The molecule has 2 heterocycles. The fourth-order valence-corrected chi connectivity index (χ4v) is 5.31. The van der Waals surface area contributed by atoms with E-state index in [0.717, 1.165) is 95.2 Å². The first-order valence-electron chi connectivity index (χ1n) is 13.1. The highest BCUT2D eigenvalue weighted by molar-refractivity contribution is 6.35. The number of ketones is 3. The predicted molar refractivity (Wildman–Crippen MR) is 138 cm³/mol. The highest BCUT2D eigenvalue weighted by atomic mass is 16.5. The van der Waals surface area contributed by atoms with Crippen LogP contribution in [-0.4, -0.2) is 92.8 Å². The van der Waals surface area contributed by atoms with Gasteiger partial charge in [0, 0.05) is 50.2 Å². The summed E-state index contributed by atoms with van der Waals surface area (Å²) in [5.74, 6) is -0.191. The maximum absolute atomic E-state index is 13.2. The zero-order valence-electron chi connectivity index (χ0n) is 20.8. The van der Waals surface area contributed by atoms with E-state index in [-0.39, 0.29) is 22.9 Å². The van der Waals surface area contributed by atoms with Crippen LogP contribution in [0.5, 0.6) is 0 Å². The lowest BCUT2D eigenvalue weighted by molar-refractivity contribution is -0.119. The molecule has 0 aromatic heterocycles. The van der Waals surface area contributed by atoms with Gasteiger partial charge in [-0.2, -0.15) is 0 Å². The minimum absolute atomic E-state index is 0.100. The van der Waals surface area contributed by atoms with E-state index in [9.17, 15) is 14.4 Å². The molecule has 1 aromatic rings. The summed E-state index contributed by atoms with van der Waals surface area (Å²) >= 11 is 0. The third kappa shape index (κ3) is 5.65. The maximum atomic E-state index is 13.2. The molecule has 0 saturated carbocycles. The van der Waals surface area contributed by atoms with Gasteiger partial charge in [-0.25, -0.2) is 0 Å². The van der Waals surface area contributed by atoms with Crippen molar-refractivity contribution in [1.82, 2.24) is 9.80 Å². The van der Waals surface area contributed by atoms with Crippen molar-refractivity contribution in [2.45, 2.75) is 25.7 Å². The summed E-state index contributed by atoms with van der Waals surface area (Å²) in [6.45, 7) is 8.39. The summed E-state index contributed by atoms with van der Waals surface area (Å²) < 4.78 is 10.7. The van der Waals surface area contributed by atoms with Crippen LogP contribution in [0.1, 0.15) is 47.2 Å². The van der Waals surface area contributed by atoms with Gasteiger partial charge in [-0.1, -0.05) is 18.2 Å². The zero-order chi connectivity index (χ0) is 24.9. The number of allylic oxidation sites excluding steroid dienone is 5. The van der Waals surface area contributed by atoms with Gasteiger partial charge in [-0.15, -0.1) is 0 Å². The minimum Gasteiger partial charge on any atom is -0.379 e. The van der Waals surface area contributed by atoms with Crippen LogP contribution in [0.4, 0.5) is 0 Å². The van der Waals surface area contributed by atoms with E-state index < -0.39 is 0 Å². The van der Waals surface area contributed by atoms with Crippen LogP contribution in [0.15, 0.2) is 41.5 Å². The largest absolute Gasteiger partial charge is 0.379 e. The standard InChI is InChI=1S/C29H34N2O5/c32-27(3-1-9-30-11-15-35-16-12-30)21-5-6-23-22(19-21)20-26-24(23)7-8-25(29(26)34)28(33)4-2-10-31-13-17-36-18-14-31/h5-8,19-20H,1-4,9-18H2. The van der Waals surface area contributed by atoms with E-state index in [1.807, 2.05) is 30.4 Å². The SMILES string of the molecule is O=C(CCCN1CCOCC1)C1=CC=C2C(=Cc3cc(C(=O)CCCN4CCOCC4)ccc32)C1=O. The molecular weight excluding hydrogens is 456 g/mol. The minimum atomic E-state index is -0.210. The summed E-state index contributed by atoms with van der Waals surface area (Å²) in [7, 11) is 0. The Morgan fingerprint density at radius 3 is 2.03 bits per heavy atom. The van der Waals surface area contributed by atoms with Crippen LogP contribution in [0.25, 0.3) is 11.6 Å². The van der Waals surface area contributed by atoms with E-state index in [0.29, 0.717) is 24.0 Å². The molecule has 2 aliphatic heterocycles. The topological polar surface area (TPSA) is 76.2 Å². The Bertz CT molecular complexity index is 1120. The number of hydrogen-bond donors (Lipinski definition) is 0. The lowest BCUT2D eigenvalue weighted by atomic mass is 9.88. The monoisotopic (exact) mass is 490 g/mol. The molecule has 0 N–H and O–H groups in total. The van der Waals surface area contributed by atoms with Crippen molar-refractivity contribution in [2.24, 2.45) is 0 Å². The molecule has 2 fully saturated rings. The van der Waals surface area contributed by atoms with Gasteiger partial charge < -0.3 is 9.47 Å². The second-order valence-corrected chi connectivity index (χ2v) is 9.81. The van der Waals surface area contributed by atoms with Crippen molar-refractivity contribution < 1.29 is 23.9 Å². The molecule has 7 nitrogen and oxygen atoms in total. The average molecular weight is 491 g/mol. The number of ether oxygens (including phenoxy) is 2. The average Bonchev–Trinajstić information content (AvgIpc) is 3.29. The second kappa shape index (κ2) is 11.6. The Balaban J connectivity index is 1.18. The van der Waals surface area contributed by atoms with Crippen LogP contribution >= 0.6 is 0 Å². The molecule has 7 heteroatoms. The molecule has 0 unspecified atom stereocenters. The first-order valence-corrected chi connectivity index (χ1v) is 13.1. The number of carbonyl (C=O) groups is 3. The summed E-state index contributed by atoms with van der Waals surface area (Å²) in [6, 6.07) is 5.67. The van der Waals surface area contributed by atoms with Crippen molar-refractivity contribution in [1.29, 1.82) is 0 Å². The van der Waals surface area contributed by atoms with Crippen molar-refractivity contribution in [2.75, 3.05) is 65.7 Å². The van der Waals surface area contributed by atoms with Crippen molar-refractivity contribution in [3.63, 3.8) is 0 Å². The van der Waals surface area contributed by atoms with Crippen LogP contribution in [-0.2, 0) is 19.1 Å². The number of Topliss-reactive ketones (excluding diaryl/α,β-unsaturated/α-hetero) is 3. The number of carbonyl (C=O) groups excluding carboxylic acids is 3. The summed E-state index contributed by atoms with van der Waals surface area (Å²) in [5.41, 5.74) is 4.15. The smallest absolute Gasteiger partial charge is 0.197 e. The highest BCUT2D eigenvalue weighted by Gasteiger charge is 2.31. The zero-order valence-corrected chi connectivity index (χ0v) is 20.8. The summed E-state index contributed by atoms with van der Waals surface area (Å²) in [6.07, 6.45) is 7.80. The Morgan fingerprint density at radius 2 is 1.39 bits per heavy atom. The highest BCUT2D eigenvalue weighted by Crippen LogP contribution is 2.40. The molecular formula is C29H34N2O5. The van der Waals surface area contributed by atoms with Crippen LogP contribution in [0, 0.1) is 0 Å². The number of benzene rings is 1. The van der Waals surface area contributed by atoms with Gasteiger partial charge in [0.15, 0.2) is 17.3 Å². The molecule has 0 spiro atoms. The molecule has 1 aromatic carbocycles. The molecule has 190 valence electrons. The number of hydrogen-bond acceptors (Lipinski definition) is 7. The van der Waals surface area contributed by atoms with Crippen LogP contribution in [0.2, 0.25) is 0 Å². The van der Waals surface area contributed by atoms with Crippen molar-refractivity contribution >= 4 is 29.0 Å². The van der Waals surface area contributed by atoms with Crippen LogP contribution < -0.4 is 0 Å². The molecule has 2 aliphatic carbocycles. The first kappa shape index (κ1) is 25.0. The van der Waals surface area contributed by atoms with Crippen molar-refractivity contribution in [3.05, 3.63) is 58.2 Å². The Labute approximate surface area is 212 Å². The molecule has 0 amide bonds. The molecule has 0 radical (unpaired) electrons. The molecule has 4 aliphatic rings. The fraction of sp³-hybridized carbons (Fsp3) is 0.483. The Hall–Kier alpha value is -2.71. The van der Waals surface area contributed by atoms with Gasteiger partial charge in [0.1, 0.15) is 0 Å². The van der Waals surface area contributed by atoms with E-state index >= 15 is 0 Å². The predicted octanol–water partition coefficient (Wildman–Crippen LogP) is 2.95. The number of morpholine rings is 2. The van der Waals surface area contributed by atoms with Crippen molar-refractivity contribution in [3.8, 4) is 0 Å². The van der Waals surface area contributed by atoms with Crippen LogP contribution in [0.3, 0.4) is 0 Å². The summed E-state index contributed by atoms with van der Waals surface area (Å²) in [4.78, 5) is 43.5. The van der Waals surface area contributed by atoms with Gasteiger partial charge in [0.25, 0.3) is 0 Å². The lowest BCUT2D eigenvalue weighted by Crippen LogP contribution is -2.37. The quantitative estimate of drug-likeness (QED) is 0.369. The molecule has 36 heavy (non-hydrogen) atoms. The molecule has 0 bridgehead atoms. The molecule has 5 rings (SSSR count). The maximum Gasteiger partial charge on any atom is 0.197 e. The number of rotatable bonds is 10. The van der Waals surface area contributed by atoms with E-state index in [4.69, 9.17) is 9.47 Å². The van der Waals surface area contributed by atoms with Gasteiger partial charge in [-0.05, 0) is 60.8 Å². The van der Waals surface area contributed by atoms with E-state index in [2.05, 4.69) is 9.80 Å². The van der Waals surface area contributed by atoms with Gasteiger partial charge in [0.2, 0.25) is 0 Å². The number of nitrogens with zero attached hydrogens (tertiary/aromatic N) is 2. The van der Waals surface area contributed by atoms with E-state index in [1.54, 1.807) is 6.08 Å². The number of fused-ring (bicyclic) bond motifs is 3. The molecule has 0 atom stereocenters. The summed E-state index contributed by atoms with van der Waals surface area (Å²) in [5, 5.41) is 0. The molecule has 2 saturated heterocycles. The third-order valence-electron chi connectivity index (χ3n) is 7.42. The van der Waals surface area contributed by atoms with Gasteiger partial charge >= 0.3 is 0 Å². The van der Waals surface area contributed by atoms with E-state index in [1.165, 1.54) is 0 Å². The fourth-order valence-electron chi connectivity index (χ4n) is 5.31. The normalized spacial score (nSPS) is 20.3. The first-order chi connectivity index (χ1) is 17.6. The lowest BCUT2D eigenvalue weighted by Gasteiger charge is -2.26. The van der Waals surface area contributed by atoms with Gasteiger partial charge in [-0.3, -0.25) is 24.2 Å². The third-order valence-corrected chi connectivity index (χ3v) is 7.42. The Morgan fingerprint density at radius 1 is 0.778 bits per heavy atom. The second-order valence-electron chi connectivity index (χ2n) is 9.81. The Kier molecular flexibility index (Phi) is 8.02.